The molecule has 0 aliphatic heterocycles. The van der Waals surface area contributed by atoms with Gasteiger partial charge in [0, 0.05) is 11.4 Å². The average Bonchev–Trinajstić information content (AvgIpc) is 3.27. The molecule has 0 fully saturated rings. The standard InChI is InChI=1S/C15H10ClF2N5O2S.2ClH/c16-9-2-11(18)10(17)1-8(9)14(24)21-13-3-12(22-23-13)15(25)19-4-7-5-26-6-20-7;;/h1-3,5-6H,4H2,(H,19,25)(H2,21,22,23,24);2*1H. The van der Waals surface area contributed by atoms with Crippen LogP contribution in [0.1, 0.15) is 26.5 Å². The van der Waals surface area contributed by atoms with E-state index in [2.05, 4.69) is 25.8 Å². The van der Waals surface area contributed by atoms with E-state index in [4.69, 9.17) is 11.6 Å². The first-order valence-corrected chi connectivity index (χ1v) is 8.42. The van der Waals surface area contributed by atoms with Crippen molar-refractivity contribution >= 4 is 65.4 Å². The van der Waals surface area contributed by atoms with Gasteiger partial charge in [0.15, 0.2) is 17.5 Å². The summed E-state index contributed by atoms with van der Waals surface area (Å²) in [4.78, 5) is 28.2. The lowest BCUT2D eigenvalue weighted by atomic mass is 10.2. The van der Waals surface area contributed by atoms with E-state index >= 15 is 0 Å². The average molecular weight is 471 g/mol. The number of carbonyl (C=O) groups excluding carboxylic acids is 2. The number of thiazole rings is 1. The number of H-pyrrole nitrogens is 1. The van der Waals surface area contributed by atoms with E-state index in [0.717, 1.165) is 0 Å². The Balaban J connectivity index is 0.00000196. The van der Waals surface area contributed by atoms with E-state index in [1.54, 1.807) is 10.9 Å². The number of benzene rings is 1. The van der Waals surface area contributed by atoms with E-state index in [-0.39, 0.29) is 53.5 Å². The molecule has 150 valence electrons. The van der Waals surface area contributed by atoms with Gasteiger partial charge < -0.3 is 10.6 Å². The molecular weight excluding hydrogens is 459 g/mol. The molecule has 0 saturated carbocycles. The minimum atomic E-state index is -1.20. The van der Waals surface area contributed by atoms with Crippen LogP contribution in [-0.4, -0.2) is 27.0 Å². The smallest absolute Gasteiger partial charge is 0.269 e. The Morgan fingerprint density at radius 1 is 1.14 bits per heavy atom. The van der Waals surface area contributed by atoms with Crippen molar-refractivity contribution in [3.63, 3.8) is 0 Å². The predicted molar refractivity (Wildman–Crippen MR) is 106 cm³/mol. The predicted octanol–water partition coefficient (Wildman–Crippen LogP) is 3.82. The highest BCUT2D eigenvalue weighted by atomic mass is 35.5. The Bertz CT molecular complexity index is 969. The molecule has 7 nitrogen and oxygen atoms in total. The molecule has 3 rings (SSSR count). The van der Waals surface area contributed by atoms with Crippen molar-refractivity contribution in [3.05, 3.63) is 62.7 Å². The first-order chi connectivity index (χ1) is 12.4. The van der Waals surface area contributed by atoms with Gasteiger partial charge in [0.2, 0.25) is 0 Å². The fourth-order valence-corrected chi connectivity index (χ4v) is 2.77. The summed E-state index contributed by atoms with van der Waals surface area (Å²) in [5.41, 5.74) is 2.20. The lowest BCUT2D eigenvalue weighted by Crippen LogP contribution is -2.23. The first-order valence-electron chi connectivity index (χ1n) is 7.10. The van der Waals surface area contributed by atoms with Gasteiger partial charge in [-0.2, -0.15) is 5.10 Å². The maximum Gasteiger partial charge on any atom is 0.269 e. The molecule has 0 aliphatic carbocycles. The molecular formula is C15H12Cl3F2N5O2S. The van der Waals surface area contributed by atoms with Crippen molar-refractivity contribution < 1.29 is 18.4 Å². The summed E-state index contributed by atoms with van der Waals surface area (Å²) < 4.78 is 26.3. The number of amides is 2. The van der Waals surface area contributed by atoms with E-state index < -0.39 is 23.4 Å². The number of aromatic nitrogens is 3. The number of carbonyl (C=O) groups is 2. The highest BCUT2D eigenvalue weighted by Gasteiger charge is 2.17. The number of rotatable bonds is 5. The first kappa shape index (κ1) is 23.8. The number of hydrogen-bond donors (Lipinski definition) is 3. The molecule has 2 amide bonds. The van der Waals surface area contributed by atoms with E-state index in [0.29, 0.717) is 17.8 Å². The lowest BCUT2D eigenvalue weighted by Gasteiger charge is -2.05. The highest BCUT2D eigenvalue weighted by Crippen LogP contribution is 2.21. The summed E-state index contributed by atoms with van der Waals surface area (Å²) >= 11 is 7.15. The lowest BCUT2D eigenvalue weighted by molar-refractivity contribution is 0.0944. The molecule has 0 atom stereocenters. The fourth-order valence-electron chi connectivity index (χ4n) is 1.97. The van der Waals surface area contributed by atoms with Crippen LogP contribution in [0.2, 0.25) is 5.02 Å². The maximum atomic E-state index is 13.3. The topological polar surface area (TPSA) is 99.8 Å². The number of anilines is 1. The molecule has 13 heteroatoms. The largest absolute Gasteiger partial charge is 0.345 e. The van der Waals surface area contributed by atoms with Crippen LogP contribution in [0.15, 0.2) is 29.1 Å². The van der Waals surface area contributed by atoms with Crippen molar-refractivity contribution in [2.75, 3.05) is 5.32 Å². The van der Waals surface area contributed by atoms with Crippen molar-refractivity contribution in [2.45, 2.75) is 6.54 Å². The van der Waals surface area contributed by atoms with Crippen LogP contribution in [0, 0.1) is 11.6 Å². The number of nitrogens with one attached hydrogen (secondary N) is 3. The van der Waals surface area contributed by atoms with Crippen LogP contribution in [0.4, 0.5) is 14.6 Å². The number of halogens is 5. The van der Waals surface area contributed by atoms with Gasteiger partial charge in [-0.15, -0.1) is 36.2 Å². The SMILES string of the molecule is Cl.Cl.O=C(NCc1cscn1)c1cc(NC(=O)c2cc(F)c(F)cc2Cl)n[nH]1. The Morgan fingerprint density at radius 2 is 1.86 bits per heavy atom. The quantitative estimate of drug-likeness (QED) is 0.494. The molecule has 0 aliphatic rings. The summed E-state index contributed by atoms with van der Waals surface area (Å²) in [6.45, 7) is 0.244. The van der Waals surface area contributed by atoms with E-state index in [1.165, 1.54) is 17.4 Å². The van der Waals surface area contributed by atoms with E-state index in [9.17, 15) is 18.4 Å². The molecule has 3 aromatic rings. The van der Waals surface area contributed by atoms with Gasteiger partial charge in [0.05, 0.1) is 28.3 Å². The molecule has 0 radical (unpaired) electrons. The summed E-state index contributed by atoms with van der Waals surface area (Å²) in [5.74, 6) is -3.59. The summed E-state index contributed by atoms with van der Waals surface area (Å²) in [6.07, 6.45) is 0. The van der Waals surface area contributed by atoms with Crippen LogP contribution >= 0.6 is 47.8 Å². The molecule has 1 aromatic carbocycles. The third-order valence-corrected chi connectivity index (χ3v) is 4.18. The maximum absolute atomic E-state index is 13.3. The molecule has 28 heavy (non-hydrogen) atoms. The minimum Gasteiger partial charge on any atom is -0.345 e. The summed E-state index contributed by atoms with van der Waals surface area (Å²) in [6, 6.07) is 2.68. The van der Waals surface area contributed by atoms with Gasteiger partial charge in [-0.1, -0.05) is 11.6 Å². The number of hydrogen-bond acceptors (Lipinski definition) is 5. The second-order valence-corrected chi connectivity index (χ2v) is 6.16. The van der Waals surface area contributed by atoms with Gasteiger partial charge >= 0.3 is 0 Å². The molecule has 0 unspecified atom stereocenters. The van der Waals surface area contributed by atoms with Gasteiger partial charge in [-0.05, 0) is 12.1 Å². The fraction of sp³-hybridized carbons (Fsp3) is 0.0667. The monoisotopic (exact) mass is 469 g/mol. The van der Waals surface area contributed by atoms with E-state index in [1.807, 2.05) is 0 Å². The minimum absolute atomic E-state index is 0. The Labute approximate surface area is 178 Å². The molecule has 0 bridgehead atoms. The van der Waals surface area contributed by atoms with Crippen LogP contribution < -0.4 is 10.6 Å². The van der Waals surface area contributed by atoms with Gasteiger partial charge in [-0.3, -0.25) is 14.7 Å². The second-order valence-electron chi connectivity index (χ2n) is 5.03. The summed E-state index contributed by atoms with van der Waals surface area (Å²) in [7, 11) is 0. The van der Waals surface area contributed by atoms with Crippen LogP contribution in [-0.2, 0) is 6.54 Å². The number of aromatic amines is 1. The zero-order valence-electron chi connectivity index (χ0n) is 13.7. The molecule has 2 aromatic heterocycles. The molecule has 2 heterocycles. The third-order valence-electron chi connectivity index (χ3n) is 3.23. The Kier molecular flexibility index (Phi) is 8.76. The second kappa shape index (κ2) is 10.3. The van der Waals surface area contributed by atoms with Crippen LogP contribution in [0.5, 0.6) is 0 Å². The van der Waals surface area contributed by atoms with Crippen LogP contribution in [0.25, 0.3) is 0 Å². The molecule has 0 saturated heterocycles. The molecule has 0 spiro atoms. The van der Waals surface area contributed by atoms with Crippen molar-refractivity contribution in [2.24, 2.45) is 0 Å². The third kappa shape index (κ3) is 5.61. The van der Waals surface area contributed by atoms with Crippen molar-refractivity contribution in [1.29, 1.82) is 0 Å². The van der Waals surface area contributed by atoms with Crippen LogP contribution in [0.3, 0.4) is 0 Å². The Morgan fingerprint density at radius 3 is 2.54 bits per heavy atom. The van der Waals surface area contributed by atoms with Gasteiger partial charge in [0.1, 0.15) is 5.69 Å². The summed E-state index contributed by atoms with van der Waals surface area (Å²) in [5, 5.41) is 12.8. The zero-order valence-corrected chi connectivity index (χ0v) is 16.9. The zero-order chi connectivity index (χ0) is 18.7. The van der Waals surface area contributed by atoms with Crippen molar-refractivity contribution in [1.82, 2.24) is 20.5 Å². The van der Waals surface area contributed by atoms with Gasteiger partial charge in [0.25, 0.3) is 11.8 Å². The highest BCUT2D eigenvalue weighted by molar-refractivity contribution is 7.07. The normalized spacial score (nSPS) is 9.82. The Hall–Kier alpha value is -2.27. The van der Waals surface area contributed by atoms with Gasteiger partial charge in [-0.25, -0.2) is 13.8 Å². The van der Waals surface area contributed by atoms with Crippen molar-refractivity contribution in [3.8, 4) is 0 Å². The number of nitrogens with zero attached hydrogens (tertiary/aromatic N) is 2. The molecule has 3 N–H and O–H groups in total.